The van der Waals surface area contributed by atoms with E-state index in [0.29, 0.717) is 5.69 Å². The number of hydrogen-bond acceptors (Lipinski definition) is 3. The number of hydrogen-bond donors (Lipinski definition) is 1. The van der Waals surface area contributed by atoms with Crippen molar-refractivity contribution in [3.05, 3.63) is 18.2 Å². The number of rotatable bonds is 2. The number of imidazole rings is 1. The maximum Gasteiger partial charge on any atom is 0.356 e. The first-order valence-electron chi connectivity index (χ1n) is 3.55. The van der Waals surface area contributed by atoms with E-state index in [4.69, 9.17) is 4.74 Å². The highest BCUT2D eigenvalue weighted by Crippen LogP contribution is 2.24. The topological polar surface area (TPSA) is 55.0 Å². The summed E-state index contributed by atoms with van der Waals surface area (Å²) in [4.78, 5) is 17.5. The number of aromatic nitrogens is 2. The highest BCUT2D eigenvalue weighted by atomic mass is 16.5. The molecule has 1 N–H and O–H groups in total. The summed E-state index contributed by atoms with van der Waals surface area (Å²) >= 11 is 0. The Balaban J connectivity index is 1.99. The monoisotopic (exact) mass is 152 g/mol. The minimum Gasteiger partial charge on any atom is -0.458 e. The average Bonchev–Trinajstić information content (AvgIpc) is 2.67. The number of ether oxygens (including phenoxy) is 1. The summed E-state index contributed by atoms with van der Waals surface area (Å²) in [6.07, 6.45) is 5.08. The summed E-state index contributed by atoms with van der Waals surface area (Å²) in [6.45, 7) is 0. The molecular formula is C7H8N2O2. The standard InChI is InChI=1S/C7H8N2O2/c10-7(11-5-1-2-5)6-3-8-4-9-6/h3-5H,1-2H2,(H,8,9). The van der Waals surface area contributed by atoms with Crippen molar-refractivity contribution >= 4 is 5.97 Å². The fourth-order valence-corrected chi connectivity index (χ4v) is 0.768. The number of nitrogens with zero attached hydrogens (tertiary/aromatic N) is 1. The minimum atomic E-state index is -0.301. The first-order chi connectivity index (χ1) is 5.36. The predicted octanol–water partition coefficient (Wildman–Crippen LogP) is 0.729. The molecule has 1 aromatic rings. The van der Waals surface area contributed by atoms with Crippen LogP contribution >= 0.6 is 0 Å². The minimum absolute atomic E-state index is 0.158. The van der Waals surface area contributed by atoms with Gasteiger partial charge in [-0.15, -0.1) is 0 Å². The smallest absolute Gasteiger partial charge is 0.356 e. The molecule has 1 fully saturated rings. The summed E-state index contributed by atoms with van der Waals surface area (Å²) in [5.74, 6) is -0.301. The molecule has 0 unspecified atom stereocenters. The second-order valence-electron chi connectivity index (χ2n) is 2.57. The zero-order chi connectivity index (χ0) is 7.68. The zero-order valence-electron chi connectivity index (χ0n) is 5.91. The van der Waals surface area contributed by atoms with Crippen molar-refractivity contribution < 1.29 is 9.53 Å². The molecule has 0 aromatic carbocycles. The van der Waals surface area contributed by atoms with Gasteiger partial charge in [0, 0.05) is 0 Å². The van der Waals surface area contributed by atoms with Gasteiger partial charge in [0.2, 0.25) is 0 Å². The number of carbonyl (C=O) groups excluding carboxylic acids is 1. The first kappa shape index (κ1) is 6.39. The van der Waals surface area contributed by atoms with Crippen molar-refractivity contribution in [1.82, 2.24) is 9.97 Å². The molecule has 2 rings (SSSR count). The Labute approximate surface area is 63.6 Å². The number of esters is 1. The summed E-state index contributed by atoms with van der Waals surface area (Å²) in [6, 6.07) is 0. The lowest BCUT2D eigenvalue weighted by Gasteiger charge is -1.97. The van der Waals surface area contributed by atoms with Gasteiger partial charge in [-0.05, 0) is 12.8 Å². The van der Waals surface area contributed by atoms with Crippen LogP contribution in [0.3, 0.4) is 0 Å². The summed E-state index contributed by atoms with van der Waals surface area (Å²) in [5.41, 5.74) is 0.428. The number of aromatic amines is 1. The van der Waals surface area contributed by atoms with E-state index >= 15 is 0 Å². The molecule has 58 valence electrons. The van der Waals surface area contributed by atoms with E-state index in [9.17, 15) is 4.79 Å². The lowest BCUT2D eigenvalue weighted by Crippen LogP contribution is -2.06. The Hall–Kier alpha value is -1.32. The van der Waals surface area contributed by atoms with Crippen molar-refractivity contribution in [2.75, 3.05) is 0 Å². The van der Waals surface area contributed by atoms with Gasteiger partial charge < -0.3 is 9.72 Å². The highest BCUT2D eigenvalue weighted by molar-refractivity contribution is 5.87. The van der Waals surface area contributed by atoms with Crippen LogP contribution in [0.15, 0.2) is 12.5 Å². The molecular weight excluding hydrogens is 144 g/mol. The molecule has 0 atom stereocenters. The fourth-order valence-electron chi connectivity index (χ4n) is 0.768. The molecule has 1 aliphatic carbocycles. The number of carbonyl (C=O) groups is 1. The maximum atomic E-state index is 11.1. The van der Waals surface area contributed by atoms with Crippen molar-refractivity contribution in [1.29, 1.82) is 0 Å². The van der Waals surface area contributed by atoms with Gasteiger partial charge in [-0.3, -0.25) is 0 Å². The SMILES string of the molecule is O=C(OC1CC1)c1cnc[nH]1. The molecule has 1 aliphatic rings. The van der Waals surface area contributed by atoms with Crippen LogP contribution in [0.4, 0.5) is 0 Å². The van der Waals surface area contributed by atoms with Crippen LogP contribution < -0.4 is 0 Å². The van der Waals surface area contributed by atoms with Gasteiger partial charge in [0.15, 0.2) is 0 Å². The number of H-pyrrole nitrogens is 1. The van der Waals surface area contributed by atoms with Crippen LogP contribution in [-0.2, 0) is 4.74 Å². The van der Waals surface area contributed by atoms with Crippen molar-refractivity contribution in [3.63, 3.8) is 0 Å². The Morgan fingerprint density at radius 1 is 1.73 bits per heavy atom. The first-order valence-corrected chi connectivity index (χ1v) is 3.55. The lowest BCUT2D eigenvalue weighted by atomic mass is 10.5. The third-order valence-corrected chi connectivity index (χ3v) is 1.52. The van der Waals surface area contributed by atoms with E-state index in [1.54, 1.807) is 0 Å². The summed E-state index contributed by atoms with van der Waals surface area (Å²) in [5, 5.41) is 0. The molecule has 0 radical (unpaired) electrons. The van der Waals surface area contributed by atoms with Crippen LogP contribution in [0, 0.1) is 0 Å². The van der Waals surface area contributed by atoms with Crippen molar-refractivity contribution in [2.45, 2.75) is 18.9 Å². The predicted molar refractivity (Wildman–Crippen MR) is 37.0 cm³/mol. The van der Waals surface area contributed by atoms with E-state index in [1.165, 1.54) is 12.5 Å². The quantitative estimate of drug-likeness (QED) is 0.635. The molecule has 4 heteroatoms. The van der Waals surface area contributed by atoms with Crippen molar-refractivity contribution in [2.24, 2.45) is 0 Å². The van der Waals surface area contributed by atoms with Crippen molar-refractivity contribution in [3.8, 4) is 0 Å². The molecule has 11 heavy (non-hydrogen) atoms. The molecule has 1 saturated carbocycles. The Kier molecular flexibility index (Phi) is 1.38. The maximum absolute atomic E-state index is 11.1. The molecule has 0 amide bonds. The second-order valence-corrected chi connectivity index (χ2v) is 2.57. The largest absolute Gasteiger partial charge is 0.458 e. The fraction of sp³-hybridized carbons (Fsp3) is 0.429. The molecule has 0 spiro atoms. The molecule has 0 saturated heterocycles. The van der Waals surface area contributed by atoms with Gasteiger partial charge in [-0.25, -0.2) is 9.78 Å². The van der Waals surface area contributed by atoms with Crippen LogP contribution in [0.1, 0.15) is 23.3 Å². The van der Waals surface area contributed by atoms with Gasteiger partial charge >= 0.3 is 5.97 Å². The molecule has 1 aromatic heterocycles. The second kappa shape index (κ2) is 2.38. The molecule has 0 aliphatic heterocycles. The normalized spacial score (nSPS) is 16.4. The Morgan fingerprint density at radius 3 is 3.09 bits per heavy atom. The van der Waals surface area contributed by atoms with Gasteiger partial charge in [0.25, 0.3) is 0 Å². The molecule has 4 nitrogen and oxygen atoms in total. The lowest BCUT2D eigenvalue weighted by molar-refractivity contribution is 0.0466. The molecule has 0 bridgehead atoms. The average molecular weight is 152 g/mol. The van der Waals surface area contributed by atoms with Crippen LogP contribution in [0.2, 0.25) is 0 Å². The van der Waals surface area contributed by atoms with E-state index < -0.39 is 0 Å². The zero-order valence-corrected chi connectivity index (χ0v) is 5.91. The van der Waals surface area contributed by atoms with E-state index in [-0.39, 0.29) is 12.1 Å². The molecule has 1 heterocycles. The highest BCUT2D eigenvalue weighted by Gasteiger charge is 2.26. The Bertz CT molecular complexity index is 251. The van der Waals surface area contributed by atoms with E-state index in [0.717, 1.165) is 12.8 Å². The Morgan fingerprint density at radius 2 is 2.55 bits per heavy atom. The van der Waals surface area contributed by atoms with E-state index in [1.807, 2.05) is 0 Å². The van der Waals surface area contributed by atoms with Gasteiger partial charge in [0.1, 0.15) is 11.8 Å². The van der Waals surface area contributed by atoms with Gasteiger partial charge in [0.05, 0.1) is 12.5 Å². The summed E-state index contributed by atoms with van der Waals surface area (Å²) in [7, 11) is 0. The van der Waals surface area contributed by atoms with Crippen LogP contribution in [0.5, 0.6) is 0 Å². The summed E-state index contributed by atoms with van der Waals surface area (Å²) < 4.78 is 5.00. The van der Waals surface area contributed by atoms with Gasteiger partial charge in [-0.1, -0.05) is 0 Å². The van der Waals surface area contributed by atoms with Gasteiger partial charge in [-0.2, -0.15) is 0 Å². The number of nitrogens with one attached hydrogen (secondary N) is 1. The van der Waals surface area contributed by atoms with E-state index in [2.05, 4.69) is 9.97 Å². The van der Waals surface area contributed by atoms with Crippen LogP contribution in [-0.4, -0.2) is 22.0 Å². The third kappa shape index (κ3) is 1.39. The van der Waals surface area contributed by atoms with Crippen LogP contribution in [0.25, 0.3) is 0 Å². The third-order valence-electron chi connectivity index (χ3n) is 1.52.